The maximum Gasteiger partial charge on any atom is 0.257 e. The van der Waals surface area contributed by atoms with Crippen LogP contribution >= 0.6 is 11.6 Å². The molecule has 2 N–H and O–H groups in total. The Bertz CT molecular complexity index is 1340. The molecule has 0 aliphatic rings. The van der Waals surface area contributed by atoms with Gasteiger partial charge < -0.3 is 15.5 Å². The highest BCUT2D eigenvalue weighted by Gasteiger charge is 2.14. The topological polar surface area (TPSA) is 83.0 Å². The third-order valence-electron chi connectivity index (χ3n) is 5.36. The lowest BCUT2D eigenvalue weighted by Crippen LogP contribution is -2.16. The number of aromatic nitrogens is 3. The molecule has 1 atom stereocenters. The Balaban J connectivity index is 1.53. The van der Waals surface area contributed by atoms with E-state index >= 15 is 0 Å². The number of rotatable bonds is 7. The van der Waals surface area contributed by atoms with Crippen LogP contribution in [0.25, 0.3) is 17.0 Å². The molecule has 0 bridgehead atoms. The van der Waals surface area contributed by atoms with E-state index in [9.17, 15) is 4.79 Å². The second kappa shape index (κ2) is 9.89. The number of nitrogens with zero attached hydrogens (tertiary/aromatic N) is 4. The van der Waals surface area contributed by atoms with Crippen molar-refractivity contribution in [1.29, 1.82) is 0 Å². The van der Waals surface area contributed by atoms with Gasteiger partial charge in [-0.2, -0.15) is 4.98 Å². The monoisotopic (exact) mass is 472 g/mol. The number of hydrogen-bond acceptors (Lipinski definition) is 6. The van der Waals surface area contributed by atoms with Crippen molar-refractivity contribution in [2.24, 2.45) is 0 Å². The lowest BCUT2D eigenvalue weighted by Gasteiger charge is -2.19. The molecule has 4 rings (SSSR count). The Morgan fingerprint density at radius 1 is 1.09 bits per heavy atom. The summed E-state index contributed by atoms with van der Waals surface area (Å²) in [5.74, 6) is 1.13. The standard InChI is InChI=1S/C26H25ClN6O/c1-5-17-6-12-21-22(14-17)31-26(33(3)4)32-24(21)29-16(2)18-7-10-20(11-8-18)30-25(34)19-9-13-23(27)28-15-19/h5-16H,1H2,2-4H3,(H,30,34)(H,29,31,32)/t16-/m0/s1. The molecule has 0 saturated heterocycles. The molecule has 34 heavy (non-hydrogen) atoms. The fourth-order valence-electron chi connectivity index (χ4n) is 3.43. The van der Waals surface area contributed by atoms with Crippen molar-refractivity contribution in [3.8, 4) is 0 Å². The van der Waals surface area contributed by atoms with E-state index in [1.165, 1.54) is 6.20 Å². The molecule has 2 aromatic heterocycles. The Morgan fingerprint density at radius 3 is 2.50 bits per heavy atom. The zero-order chi connectivity index (χ0) is 24.2. The summed E-state index contributed by atoms with van der Waals surface area (Å²) in [5, 5.41) is 7.66. The summed E-state index contributed by atoms with van der Waals surface area (Å²) >= 11 is 5.79. The highest BCUT2D eigenvalue weighted by Crippen LogP contribution is 2.28. The molecule has 0 aliphatic carbocycles. The predicted octanol–water partition coefficient (Wildman–Crippen LogP) is 5.81. The minimum atomic E-state index is -0.245. The average Bonchev–Trinajstić information content (AvgIpc) is 2.84. The number of pyridine rings is 1. The molecule has 1 amide bonds. The SMILES string of the molecule is C=Cc1ccc2c(N[C@@H](C)c3ccc(NC(=O)c4ccc(Cl)nc4)cc3)nc(N(C)C)nc2c1. The number of nitrogens with one attached hydrogen (secondary N) is 2. The molecular formula is C26H25ClN6O. The van der Waals surface area contributed by atoms with E-state index in [1.54, 1.807) is 18.2 Å². The molecule has 2 aromatic carbocycles. The van der Waals surface area contributed by atoms with Gasteiger partial charge in [-0.05, 0) is 54.4 Å². The fraction of sp³-hybridized carbons (Fsp3) is 0.154. The molecule has 0 fully saturated rings. The van der Waals surface area contributed by atoms with Crippen LogP contribution in [-0.4, -0.2) is 35.0 Å². The minimum absolute atomic E-state index is 0.0302. The molecule has 4 aromatic rings. The quantitative estimate of drug-likeness (QED) is 0.330. The first-order chi connectivity index (χ1) is 16.3. The average molecular weight is 473 g/mol. The van der Waals surface area contributed by atoms with E-state index in [0.29, 0.717) is 22.4 Å². The van der Waals surface area contributed by atoms with Crippen LogP contribution in [0.5, 0.6) is 0 Å². The van der Waals surface area contributed by atoms with Crippen molar-refractivity contribution < 1.29 is 4.79 Å². The summed E-state index contributed by atoms with van der Waals surface area (Å²) in [6, 6.07) is 16.9. The van der Waals surface area contributed by atoms with Crippen molar-refractivity contribution >= 4 is 51.9 Å². The second-order valence-corrected chi connectivity index (χ2v) is 8.45. The Labute approximate surface area is 203 Å². The number of benzene rings is 2. The number of amides is 1. The number of halogens is 1. The molecule has 0 radical (unpaired) electrons. The Hall–Kier alpha value is -3.97. The van der Waals surface area contributed by atoms with Crippen molar-refractivity contribution in [2.75, 3.05) is 29.6 Å². The summed E-state index contributed by atoms with van der Waals surface area (Å²) in [5.41, 5.74) is 4.03. The summed E-state index contributed by atoms with van der Waals surface area (Å²) < 4.78 is 0. The number of hydrogen-bond donors (Lipinski definition) is 2. The first-order valence-electron chi connectivity index (χ1n) is 10.7. The van der Waals surface area contributed by atoms with Crippen LogP contribution in [-0.2, 0) is 0 Å². The van der Waals surface area contributed by atoms with E-state index in [1.807, 2.05) is 61.5 Å². The Kier molecular flexibility index (Phi) is 6.75. The zero-order valence-electron chi connectivity index (χ0n) is 19.2. The van der Waals surface area contributed by atoms with Crippen LogP contribution < -0.4 is 15.5 Å². The lowest BCUT2D eigenvalue weighted by atomic mass is 10.1. The van der Waals surface area contributed by atoms with Gasteiger partial charge in [-0.25, -0.2) is 9.97 Å². The van der Waals surface area contributed by atoms with Crippen LogP contribution in [0.15, 0.2) is 67.4 Å². The van der Waals surface area contributed by atoms with Gasteiger partial charge in [0.2, 0.25) is 5.95 Å². The van der Waals surface area contributed by atoms with Crippen molar-refractivity contribution in [3.05, 3.63) is 89.2 Å². The highest BCUT2D eigenvalue weighted by molar-refractivity contribution is 6.29. The third-order valence-corrected chi connectivity index (χ3v) is 5.58. The van der Waals surface area contributed by atoms with Gasteiger partial charge in [-0.1, -0.05) is 42.5 Å². The van der Waals surface area contributed by atoms with E-state index in [0.717, 1.165) is 27.8 Å². The van der Waals surface area contributed by atoms with Gasteiger partial charge in [-0.3, -0.25) is 4.79 Å². The predicted molar refractivity (Wildman–Crippen MR) is 140 cm³/mol. The third kappa shape index (κ3) is 5.15. The first kappa shape index (κ1) is 23.2. The molecule has 8 heteroatoms. The molecule has 0 spiro atoms. The van der Waals surface area contributed by atoms with Crippen LogP contribution in [0.3, 0.4) is 0 Å². The van der Waals surface area contributed by atoms with Crippen molar-refractivity contribution in [3.63, 3.8) is 0 Å². The highest BCUT2D eigenvalue weighted by atomic mass is 35.5. The van der Waals surface area contributed by atoms with Crippen LogP contribution in [0.1, 0.15) is 34.5 Å². The van der Waals surface area contributed by atoms with Crippen molar-refractivity contribution in [2.45, 2.75) is 13.0 Å². The summed E-state index contributed by atoms with van der Waals surface area (Å²) in [6.07, 6.45) is 3.25. The lowest BCUT2D eigenvalue weighted by molar-refractivity contribution is 0.102. The number of fused-ring (bicyclic) bond motifs is 1. The number of anilines is 3. The number of carbonyl (C=O) groups is 1. The zero-order valence-corrected chi connectivity index (χ0v) is 20.0. The summed E-state index contributed by atoms with van der Waals surface area (Å²) in [7, 11) is 3.83. The van der Waals surface area contributed by atoms with Gasteiger partial charge in [0, 0.05) is 37.4 Å². The normalized spacial score (nSPS) is 11.6. The largest absolute Gasteiger partial charge is 0.363 e. The first-order valence-corrected chi connectivity index (χ1v) is 11.1. The fourth-order valence-corrected chi connectivity index (χ4v) is 3.54. The molecule has 0 unspecified atom stereocenters. The van der Waals surface area contributed by atoms with Gasteiger partial charge in [0.1, 0.15) is 11.0 Å². The molecular weight excluding hydrogens is 448 g/mol. The molecule has 7 nitrogen and oxygen atoms in total. The maximum atomic E-state index is 12.4. The molecule has 0 aliphatic heterocycles. The maximum absolute atomic E-state index is 12.4. The van der Waals surface area contributed by atoms with Crippen LogP contribution in [0, 0.1) is 0 Å². The summed E-state index contributed by atoms with van der Waals surface area (Å²) in [6.45, 7) is 5.91. The number of carbonyl (C=O) groups excluding carboxylic acids is 1. The Morgan fingerprint density at radius 2 is 1.85 bits per heavy atom. The van der Waals surface area contributed by atoms with E-state index in [4.69, 9.17) is 16.6 Å². The van der Waals surface area contributed by atoms with E-state index in [2.05, 4.69) is 34.1 Å². The van der Waals surface area contributed by atoms with Gasteiger partial charge in [0.15, 0.2) is 0 Å². The van der Waals surface area contributed by atoms with Crippen LogP contribution in [0.2, 0.25) is 5.15 Å². The molecule has 172 valence electrons. The van der Waals surface area contributed by atoms with Gasteiger partial charge >= 0.3 is 0 Å². The molecule has 0 saturated carbocycles. The van der Waals surface area contributed by atoms with Crippen molar-refractivity contribution in [1.82, 2.24) is 15.0 Å². The second-order valence-electron chi connectivity index (χ2n) is 8.06. The smallest absolute Gasteiger partial charge is 0.257 e. The van der Waals surface area contributed by atoms with Crippen LogP contribution in [0.4, 0.5) is 17.5 Å². The van der Waals surface area contributed by atoms with Gasteiger partial charge in [-0.15, -0.1) is 0 Å². The van der Waals surface area contributed by atoms with E-state index in [-0.39, 0.29) is 11.9 Å². The summed E-state index contributed by atoms with van der Waals surface area (Å²) in [4.78, 5) is 27.6. The van der Waals surface area contributed by atoms with Gasteiger partial charge in [0.05, 0.1) is 11.1 Å². The molecule has 2 heterocycles. The minimum Gasteiger partial charge on any atom is -0.363 e. The van der Waals surface area contributed by atoms with E-state index < -0.39 is 0 Å². The van der Waals surface area contributed by atoms with Gasteiger partial charge in [0.25, 0.3) is 5.91 Å².